The van der Waals surface area contributed by atoms with E-state index in [0.29, 0.717) is 0 Å². The number of fused-ring (bicyclic) bond motifs is 1. The van der Waals surface area contributed by atoms with Crippen LogP contribution < -0.4 is 5.32 Å². The van der Waals surface area contributed by atoms with Gasteiger partial charge in [0.15, 0.2) is 0 Å². The average Bonchev–Trinajstić information content (AvgIpc) is 2.79. The number of hydrogen-bond donors (Lipinski definition) is 2. The highest BCUT2D eigenvalue weighted by Gasteiger charge is 2.14. The van der Waals surface area contributed by atoms with E-state index >= 15 is 0 Å². The van der Waals surface area contributed by atoms with Crippen LogP contribution in [0, 0.1) is 0 Å². The van der Waals surface area contributed by atoms with Gasteiger partial charge in [0.2, 0.25) is 0 Å². The Morgan fingerprint density at radius 2 is 2.05 bits per heavy atom. The molecule has 0 aliphatic rings. The van der Waals surface area contributed by atoms with Crippen LogP contribution in [0.2, 0.25) is 0 Å². The molecule has 0 saturated heterocycles. The summed E-state index contributed by atoms with van der Waals surface area (Å²) in [5.41, 5.74) is 1.88. The number of ether oxygens (including phenoxy) is 1. The molecular weight excluding hydrogens is 264 g/mol. The minimum atomic E-state index is -0.637. The molecule has 0 saturated carbocycles. The highest BCUT2D eigenvalue weighted by molar-refractivity contribution is 5.83. The molecule has 1 heterocycles. The number of nitrogens with zero attached hydrogens (tertiary/aromatic N) is 1. The Labute approximate surface area is 126 Å². The van der Waals surface area contributed by atoms with Crippen molar-refractivity contribution in [1.29, 1.82) is 0 Å². The molecule has 0 aliphatic heterocycles. The van der Waals surface area contributed by atoms with Crippen molar-refractivity contribution >= 4 is 10.9 Å². The second-order valence-corrected chi connectivity index (χ2v) is 6.10. The lowest BCUT2D eigenvalue weighted by molar-refractivity contribution is 0.0666. The van der Waals surface area contributed by atoms with Crippen molar-refractivity contribution in [3.8, 4) is 0 Å². The molecule has 0 atom stereocenters. The Hall–Kier alpha value is -1.36. The van der Waals surface area contributed by atoms with Crippen molar-refractivity contribution in [2.45, 2.75) is 39.0 Å². The molecule has 0 amide bonds. The van der Waals surface area contributed by atoms with E-state index in [2.05, 4.69) is 40.3 Å². The first kappa shape index (κ1) is 16.0. The number of aryl methyl sites for hydroxylation is 1. The quantitative estimate of drug-likeness (QED) is 0.734. The van der Waals surface area contributed by atoms with Gasteiger partial charge in [0.25, 0.3) is 0 Å². The van der Waals surface area contributed by atoms with E-state index in [0.717, 1.165) is 32.7 Å². The zero-order valence-corrected chi connectivity index (χ0v) is 13.2. The summed E-state index contributed by atoms with van der Waals surface area (Å²) in [5, 5.41) is 14.6. The monoisotopic (exact) mass is 290 g/mol. The van der Waals surface area contributed by atoms with Gasteiger partial charge < -0.3 is 19.7 Å². The predicted molar refractivity (Wildman–Crippen MR) is 86.4 cm³/mol. The van der Waals surface area contributed by atoms with Gasteiger partial charge in [-0.05, 0) is 31.9 Å². The van der Waals surface area contributed by atoms with Gasteiger partial charge in [-0.25, -0.2) is 0 Å². The fourth-order valence-corrected chi connectivity index (χ4v) is 2.44. The van der Waals surface area contributed by atoms with Gasteiger partial charge in [-0.15, -0.1) is 0 Å². The van der Waals surface area contributed by atoms with Crippen LogP contribution in [-0.2, 0) is 17.8 Å². The number of para-hydroxylation sites is 1. The van der Waals surface area contributed by atoms with E-state index in [9.17, 15) is 5.11 Å². The number of rotatable bonds is 8. The first-order valence-electron chi connectivity index (χ1n) is 7.50. The topological polar surface area (TPSA) is 46.4 Å². The molecule has 1 aromatic heterocycles. The van der Waals surface area contributed by atoms with Crippen LogP contribution >= 0.6 is 0 Å². The summed E-state index contributed by atoms with van der Waals surface area (Å²) in [5.74, 6) is 0. The van der Waals surface area contributed by atoms with Crippen LogP contribution in [0.15, 0.2) is 30.5 Å². The summed E-state index contributed by atoms with van der Waals surface area (Å²) >= 11 is 0. The number of methoxy groups -OCH3 is 1. The van der Waals surface area contributed by atoms with Crippen molar-refractivity contribution in [1.82, 2.24) is 9.88 Å². The van der Waals surface area contributed by atoms with Crippen molar-refractivity contribution < 1.29 is 9.84 Å². The first-order chi connectivity index (χ1) is 10.0. The minimum absolute atomic E-state index is 0.637. The highest BCUT2D eigenvalue weighted by atomic mass is 16.5. The second-order valence-electron chi connectivity index (χ2n) is 6.10. The van der Waals surface area contributed by atoms with E-state index in [1.807, 2.05) is 13.8 Å². The first-order valence-corrected chi connectivity index (χ1v) is 7.50. The van der Waals surface area contributed by atoms with Gasteiger partial charge in [-0.2, -0.15) is 0 Å². The van der Waals surface area contributed by atoms with Crippen molar-refractivity contribution in [3.63, 3.8) is 0 Å². The zero-order chi connectivity index (χ0) is 15.3. The molecular formula is C17H26N2O2. The van der Waals surface area contributed by atoms with Gasteiger partial charge >= 0.3 is 0 Å². The second kappa shape index (κ2) is 7.07. The normalized spacial score (nSPS) is 12.2. The lowest BCUT2D eigenvalue weighted by atomic mass is 10.1. The van der Waals surface area contributed by atoms with Crippen LogP contribution in [0.5, 0.6) is 0 Å². The summed E-state index contributed by atoms with van der Waals surface area (Å²) in [7, 11) is 1.71. The molecule has 0 bridgehead atoms. The SMILES string of the molecule is COCCNCc1cn(CCC(C)(C)O)c2ccccc12. The van der Waals surface area contributed by atoms with Crippen molar-refractivity contribution in [2.75, 3.05) is 20.3 Å². The maximum absolute atomic E-state index is 9.92. The largest absolute Gasteiger partial charge is 0.390 e. The smallest absolute Gasteiger partial charge is 0.0608 e. The van der Waals surface area contributed by atoms with E-state index in [4.69, 9.17) is 4.74 Å². The van der Waals surface area contributed by atoms with Crippen molar-refractivity contribution in [2.24, 2.45) is 0 Å². The Balaban J connectivity index is 2.14. The lowest BCUT2D eigenvalue weighted by Gasteiger charge is -2.17. The summed E-state index contributed by atoms with van der Waals surface area (Å²) in [6.07, 6.45) is 2.93. The number of aliphatic hydroxyl groups is 1. The summed E-state index contributed by atoms with van der Waals surface area (Å²) in [4.78, 5) is 0. The number of nitrogens with one attached hydrogen (secondary N) is 1. The Morgan fingerprint density at radius 3 is 2.76 bits per heavy atom. The third-order valence-electron chi connectivity index (χ3n) is 3.63. The van der Waals surface area contributed by atoms with Gasteiger partial charge in [0, 0.05) is 43.8 Å². The molecule has 4 heteroatoms. The Morgan fingerprint density at radius 1 is 1.29 bits per heavy atom. The maximum atomic E-state index is 9.92. The van der Waals surface area contributed by atoms with Crippen LogP contribution in [0.25, 0.3) is 10.9 Å². The lowest BCUT2D eigenvalue weighted by Crippen LogP contribution is -2.21. The predicted octanol–water partition coefficient (Wildman–Crippen LogP) is 2.54. The molecule has 2 N–H and O–H groups in total. The molecule has 0 spiro atoms. The molecule has 2 aromatic rings. The fourth-order valence-electron chi connectivity index (χ4n) is 2.44. The Bertz CT molecular complexity index is 570. The molecule has 21 heavy (non-hydrogen) atoms. The number of benzene rings is 1. The average molecular weight is 290 g/mol. The van der Waals surface area contributed by atoms with E-state index in [1.165, 1.54) is 16.5 Å². The highest BCUT2D eigenvalue weighted by Crippen LogP contribution is 2.22. The zero-order valence-electron chi connectivity index (χ0n) is 13.2. The number of aromatic nitrogens is 1. The van der Waals surface area contributed by atoms with Gasteiger partial charge in [0.05, 0.1) is 12.2 Å². The minimum Gasteiger partial charge on any atom is -0.390 e. The van der Waals surface area contributed by atoms with Gasteiger partial charge in [0.1, 0.15) is 0 Å². The van der Waals surface area contributed by atoms with Crippen LogP contribution in [0.1, 0.15) is 25.8 Å². The van der Waals surface area contributed by atoms with Crippen LogP contribution in [-0.4, -0.2) is 35.5 Å². The summed E-state index contributed by atoms with van der Waals surface area (Å²) in [6, 6.07) is 8.42. The Kier molecular flexibility index (Phi) is 5.39. The molecule has 2 rings (SSSR count). The molecule has 116 valence electrons. The third-order valence-corrected chi connectivity index (χ3v) is 3.63. The third kappa shape index (κ3) is 4.56. The van der Waals surface area contributed by atoms with Crippen LogP contribution in [0.3, 0.4) is 0 Å². The van der Waals surface area contributed by atoms with Crippen LogP contribution in [0.4, 0.5) is 0 Å². The molecule has 0 aliphatic carbocycles. The molecule has 0 unspecified atom stereocenters. The molecule has 4 nitrogen and oxygen atoms in total. The summed E-state index contributed by atoms with van der Waals surface area (Å²) < 4.78 is 7.29. The number of hydrogen-bond acceptors (Lipinski definition) is 3. The maximum Gasteiger partial charge on any atom is 0.0608 e. The van der Waals surface area contributed by atoms with Crippen molar-refractivity contribution in [3.05, 3.63) is 36.0 Å². The molecule has 0 fully saturated rings. The van der Waals surface area contributed by atoms with Gasteiger partial charge in [-0.1, -0.05) is 18.2 Å². The molecule has 0 radical (unpaired) electrons. The standard InChI is InChI=1S/C17H26N2O2/c1-17(2,20)8-10-19-13-14(12-18-9-11-21-3)15-6-4-5-7-16(15)19/h4-7,13,18,20H,8-12H2,1-3H3. The van der Waals surface area contributed by atoms with E-state index < -0.39 is 5.60 Å². The van der Waals surface area contributed by atoms with E-state index in [1.54, 1.807) is 7.11 Å². The van der Waals surface area contributed by atoms with E-state index in [-0.39, 0.29) is 0 Å². The van der Waals surface area contributed by atoms with Gasteiger partial charge in [-0.3, -0.25) is 0 Å². The molecule has 1 aromatic carbocycles. The summed E-state index contributed by atoms with van der Waals surface area (Å²) in [6.45, 7) is 6.93. The fraction of sp³-hybridized carbons (Fsp3) is 0.529.